The van der Waals surface area contributed by atoms with Crippen molar-refractivity contribution in [3.05, 3.63) is 35.4 Å². The van der Waals surface area contributed by atoms with Crippen LogP contribution < -0.4 is 16.4 Å². The molecule has 1 amide bonds. The SMILES string of the molecule is CCNC(=NCc1cccc(CN2CCCC(C(N)=O)C2)c1)NCCOCCC(C)C.I. The highest BCUT2D eigenvalue weighted by Crippen LogP contribution is 2.19. The van der Waals surface area contributed by atoms with Crippen LogP contribution in [-0.2, 0) is 22.6 Å². The van der Waals surface area contributed by atoms with Gasteiger partial charge in [0.25, 0.3) is 0 Å². The number of carbonyl (C=O) groups is 1. The first-order valence-corrected chi connectivity index (χ1v) is 11.7. The second-order valence-corrected chi connectivity index (χ2v) is 8.71. The number of hydrogen-bond donors (Lipinski definition) is 3. The molecule has 1 aromatic carbocycles. The Labute approximate surface area is 211 Å². The summed E-state index contributed by atoms with van der Waals surface area (Å²) in [4.78, 5) is 18.6. The lowest BCUT2D eigenvalue weighted by atomic mass is 9.97. The van der Waals surface area contributed by atoms with Crippen molar-refractivity contribution in [3.63, 3.8) is 0 Å². The van der Waals surface area contributed by atoms with E-state index in [1.807, 2.05) is 0 Å². The van der Waals surface area contributed by atoms with Gasteiger partial charge >= 0.3 is 0 Å². The zero-order valence-electron chi connectivity index (χ0n) is 19.9. The van der Waals surface area contributed by atoms with E-state index in [9.17, 15) is 4.79 Å². The molecule has 32 heavy (non-hydrogen) atoms. The Morgan fingerprint density at radius 3 is 2.78 bits per heavy atom. The lowest BCUT2D eigenvalue weighted by Gasteiger charge is -2.31. The fourth-order valence-electron chi connectivity index (χ4n) is 3.69. The molecule has 0 radical (unpaired) electrons. The molecule has 1 saturated heterocycles. The average molecular weight is 560 g/mol. The van der Waals surface area contributed by atoms with Gasteiger partial charge in [0.15, 0.2) is 5.96 Å². The molecule has 4 N–H and O–H groups in total. The fraction of sp³-hybridized carbons (Fsp3) is 0.667. The number of rotatable bonds is 12. The number of carbonyl (C=O) groups excluding carboxylic acids is 1. The molecule has 7 nitrogen and oxygen atoms in total. The summed E-state index contributed by atoms with van der Waals surface area (Å²) in [5.74, 6) is 1.27. The number of halogens is 1. The first-order chi connectivity index (χ1) is 15.0. The number of amides is 1. The highest BCUT2D eigenvalue weighted by molar-refractivity contribution is 14.0. The van der Waals surface area contributed by atoms with Gasteiger partial charge in [0, 0.05) is 32.8 Å². The van der Waals surface area contributed by atoms with Gasteiger partial charge in [0.2, 0.25) is 5.91 Å². The first kappa shape index (κ1) is 28.6. The van der Waals surface area contributed by atoms with Gasteiger partial charge in [-0.15, -0.1) is 24.0 Å². The summed E-state index contributed by atoms with van der Waals surface area (Å²) in [5, 5.41) is 6.63. The Kier molecular flexibility index (Phi) is 14.6. The number of ether oxygens (including phenoxy) is 1. The van der Waals surface area contributed by atoms with E-state index < -0.39 is 0 Å². The van der Waals surface area contributed by atoms with Crippen LogP contribution in [0.15, 0.2) is 29.3 Å². The number of benzene rings is 1. The van der Waals surface area contributed by atoms with Gasteiger partial charge in [-0.2, -0.15) is 0 Å². The lowest BCUT2D eigenvalue weighted by molar-refractivity contribution is -0.123. The van der Waals surface area contributed by atoms with Crippen LogP contribution >= 0.6 is 24.0 Å². The summed E-state index contributed by atoms with van der Waals surface area (Å²) in [5.41, 5.74) is 7.93. The summed E-state index contributed by atoms with van der Waals surface area (Å²) in [7, 11) is 0. The minimum absolute atomic E-state index is 0. The van der Waals surface area contributed by atoms with Crippen molar-refractivity contribution in [2.45, 2.75) is 53.1 Å². The van der Waals surface area contributed by atoms with Gasteiger partial charge in [-0.25, -0.2) is 4.99 Å². The van der Waals surface area contributed by atoms with Crippen LogP contribution in [0.2, 0.25) is 0 Å². The van der Waals surface area contributed by atoms with E-state index in [-0.39, 0.29) is 35.8 Å². The Bertz CT molecular complexity index is 699. The lowest BCUT2D eigenvalue weighted by Crippen LogP contribution is -2.40. The number of aliphatic imine (C=N–C) groups is 1. The predicted octanol–water partition coefficient (Wildman–Crippen LogP) is 3.12. The Morgan fingerprint density at radius 1 is 1.28 bits per heavy atom. The maximum atomic E-state index is 11.5. The molecule has 1 aromatic rings. The molecule has 0 bridgehead atoms. The first-order valence-electron chi connectivity index (χ1n) is 11.7. The Balaban J connectivity index is 0.00000512. The number of nitrogens with zero attached hydrogens (tertiary/aromatic N) is 2. The molecule has 0 aliphatic carbocycles. The number of guanidine groups is 1. The fourth-order valence-corrected chi connectivity index (χ4v) is 3.69. The van der Waals surface area contributed by atoms with E-state index in [1.54, 1.807) is 0 Å². The summed E-state index contributed by atoms with van der Waals surface area (Å²) >= 11 is 0. The van der Waals surface area contributed by atoms with E-state index in [4.69, 9.17) is 15.5 Å². The minimum atomic E-state index is -0.179. The maximum absolute atomic E-state index is 11.5. The van der Waals surface area contributed by atoms with E-state index in [2.05, 4.69) is 60.6 Å². The quantitative estimate of drug-likeness (QED) is 0.159. The second kappa shape index (κ2) is 16.3. The molecule has 1 heterocycles. The Hall–Kier alpha value is -1.39. The third-order valence-corrected chi connectivity index (χ3v) is 5.45. The van der Waals surface area contributed by atoms with Crippen molar-refractivity contribution in [2.24, 2.45) is 22.6 Å². The number of primary amides is 1. The monoisotopic (exact) mass is 559 g/mol. The van der Waals surface area contributed by atoms with Crippen LogP contribution in [0.4, 0.5) is 0 Å². The number of nitrogens with one attached hydrogen (secondary N) is 2. The second-order valence-electron chi connectivity index (χ2n) is 8.71. The normalized spacial score (nSPS) is 17.1. The maximum Gasteiger partial charge on any atom is 0.221 e. The van der Waals surface area contributed by atoms with E-state index in [0.717, 1.165) is 64.6 Å². The van der Waals surface area contributed by atoms with Crippen molar-refractivity contribution in [2.75, 3.05) is 39.4 Å². The highest BCUT2D eigenvalue weighted by atomic mass is 127. The number of piperidine rings is 1. The van der Waals surface area contributed by atoms with Crippen molar-refractivity contribution in [3.8, 4) is 0 Å². The molecule has 1 unspecified atom stereocenters. The molecule has 0 aromatic heterocycles. The van der Waals surface area contributed by atoms with Crippen LogP contribution in [0.3, 0.4) is 0 Å². The molecule has 8 heteroatoms. The molecular formula is C24H42IN5O2. The molecular weight excluding hydrogens is 517 g/mol. The van der Waals surface area contributed by atoms with Gasteiger partial charge in [-0.05, 0) is 49.8 Å². The van der Waals surface area contributed by atoms with E-state index in [0.29, 0.717) is 19.1 Å². The molecule has 182 valence electrons. The van der Waals surface area contributed by atoms with Crippen LogP contribution in [0.1, 0.15) is 51.2 Å². The summed E-state index contributed by atoms with van der Waals surface area (Å²) in [6, 6.07) is 8.53. The molecule has 1 atom stereocenters. The summed E-state index contributed by atoms with van der Waals surface area (Å²) in [6.45, 7) is 12.7. The van der Waals surface area contributed by atoms with Gasteiger partial charge in [-0.1, -0.05) is 38.1 Å². The molecule has 1 aliphatic rings. The summed E-state index contributed by atoms with van der Waals surface area (Å²) in [6.07, 6.45) is 3.02. The average Bonchev–Trinajstić information content (AvgIpc) is 2.74. The van der Waals surface area contributed by atoms with Crippen LogP contribution in [0.25, 0.3) is 0 Å². The molecule has 0 spiro atoms. The van der Waals surface area contributed by atoms with Crippen LogP contribution in [0, 0.1) is 11.8 Å². The summed E-state index contributed by atoms with van der Waals surface area (Å²) < 4.78 is 5.67. The molecule has 1 aliphatic heterocycles. The molecule has 1 fully saturated rings. The standard InChI is InChI=1S/C24H41N5O2.HI/c1-4-26-24(27-11-14-31-13-10-19(2)3)28-16-20-7-5-8-21(15-20)17-29-12-6-9-22(18-29)23(25)30;/h5,7-8,15,19,22H,4,6,9-14,16-18H2,1-3H3,(H2,25,30)(H2,26,27,28);1H. The molecule has 2 rings (SSSR count). The predicted molar refractivity (Wildman–Crippen MR) is 142 cm³/mol. The van der Waals surface area contributed by atoms with Crippen LogP contribution in [-0.4, -0.2) is 56.2 Å². The van der Waals surface area contributed by atoms with Crippen molar-refractivity contribution >= 4 is 35.8 Å². The van der Waals surface area contributed by atoms with Crippen molar-refractivity contribution in [1.82, 2.24) is 15.5 Å². The number of nitrogens with two attached hydrogens (primary N) is 1. The zero-order chi connectivity index (χ0) is 22.5. The van der Waals surface area contributed by atoms with Crippen molar-refractivity contribution < 1.29 is 9.53 Å². The topological polar surface area (TPSA) is 92.0 Å². The van der Waals surface area contributed by atoms with Gasteiger partial charge in [0.1, 0.15) is 0 Å². The Morgan fingerprint density at radius 2 is 2.06 bits per heavy atom. The largest absolute Gasteiger partial charge is 0.380 e. The third-order valence-electron chi connectivity index (χ3n) is 5.45. The van der Waals surface area contributed by atoms with E-state index >= 15 is 0 Å². The zero-order valence-corrected chi connectivity index (χ0v) is 22.3. The number of hydrogen-bond acceptors (Lipinski definition) is 4. The van der Waals surface area contributed by atoms with Gasteiger partial charge in [0.05, 0.1) is 19.1 Å². The van der Waals surface area contributed by atoms with Crippen molar-refractivity contribution in [1.29, 1.82) is 0 Å². The minimum Gasteiger partial charge on any atom is -0.380 e. The van der Waals surface area contributed by atoms with E-state index in [1.165, 1.54) is 11.1 Å². The number of likely N-dealkylation sites (tertiary alicyclic amines) is 1. The molecule has 0 saturated carbocycles. The van der Waals surface area contributed by atoms with Gasteiger partial charge in [-0.3, -0.25) is 9.69 Å². The van der Waals surface area contributed by atoms with Gasteiger partial charge < -0.3 is 21.1 Å². The highest BCUT2D eigenvalue weighted by Gasteiger charge is 2.23. The third kappa shape index (κ3) is 11.5. The van der Waals surface area contributed by atoms with Crippen LogP contribution in [0.5, 0.6) is 0 Å². The smallest absolute Gasteiger partial charge is 0.221 e.